The van der Waals surface area contributed by atoms with Gasteiger partial charge in [0.15, 0.2) is 0 Å². The van der Waals surface area contributed by atoms with Crippen LogP contribution in [0.1, 0.15) is 65.7 Å². The van der Waals surface area contributed by atoms with Crippen molar-refractivity contribution >= 4 is 11.8 Å². The van der Waals surface area contributed by atoms with Crippen molar-refractivity contribution < 1.29 is 9.59 Å². The van der Waals surface area contributed by atoms with Crippen LogP contribution in [0.5, 0.6) is 0 Å². The van der Waals surface area contributed by atoms with Crippen molar-refractivity contribution in [3.63, 3.8) is 0 Å². The minimum Gasteiger partial charge on any atom is -0.305 e. The lowest BCUT2D eigenvalue weighted by Crippen LogP contribution is -2.44. The van der Waals surface area contributed by atoms with Gasteiger partial charge in [-0.2, -0.15) is 0 Å². The van der Waals surface area contributed by atoms with Crippen molar-refractivity contribution in [2.45, 2.75) is 77.8 Å². The van der Waals surface area contributed by atoms with Crippen LogP contribution in [0.25, 0.3) is 0 Å². The molecule has 0 spiro atoms. The number of carbonyl (C=O) groups is 2. The molecule has 1 saturated carbocycles. The second kappa shape index (κ2) is 7.39. The highest BCUT2D eigenvalue weighted by Crippen LogP contribution is 2.28. The number of likely N-dealkylation sites (tertiary alicyclic amines) is 1. The maximum absolute atomic E-state index is 12.5. The van der Waals surface area contributed by atoms with Crippen molar-refractivity contribution in [1.29, 1.82) is 0 Å². The number of amides is 2. The topological polar surface area (TPSA) is 49.4 Å². The summed E-state index contributed by atoms with van der Waals surface area (Å²) in [5.41, 5.74) is 0. The largest absolute Gasteiger partial charge is 0.305 e. The third-order valence-electron chi connectivity index (χ3n) is 5.19. The Morgan fingerprint density at radius 3 is 2.57 bits per heavy atom. The first-order valence-corrected chi connectivity index (χ1v) is 8.66. The molecule has 3 atom stereocenters. The van der Waals surface area contributed by atoms with E-state index in [2.05, 4.69) is 12.2 Å². The molecule has 21 heavy (non-hydrogen) atoms. The molecule has 0 bridgehead atoms. The molecule has 2 fully saturated rings. The van der Waals surface area contributed by atoms with Crippen molar-refractivity contribution in [2.75, 3.05) is 6.54 Å². The molecule has 0 radical (unpaired) electrons. The third kappa shape index (κ3) is 3.85. The summed E-state index contributed by atoms with van der Waals surface area (Å²) >= 11 is 0. The summed E-state index contributed by atoms with van der Waals surface area (Å²) in [4.78, 5) is 26.1. The van der Waals surface area contributed by atoms with Crippen LogP contribution in [-0.4, -0.2) is 35.3 Å². The first-order chi connectivity index (χ1) is 10.1. The van der Waals surface area contributed by atoms with Gasteiger partial charge in [0.1, 0.15) is 0 Å². The minimum absolute atomic E-state index is 0.00226. The SMILES string of the molecule is CCC(CC)N1C(=O)CC(NCC2CCCC(C)C2)C1=O. The lowest BCUT2D eigenvalue weighted by molar-refractivity contribution is -0.141. The molecule has 4 heteroatoms. The summed E-state index contributed by atoms with van der Waals surface area (Å²) < 4.78 is 0. The van der Waals surface area contributed by atoms with Gasteiger partial charge in [-0.1, -0.05) is 33.6 Å². The molecule has 0 aromatic carbocycles. The lowest BCUT2D eigenvalue weighted by Gasteiger charge is -2.28. The summed E-state index contributed by atoms with van der Waals surface area (Å²) in [6, 6.07) is -0.207. The number of hydrogen-bond acceptors (Lipinski definition) is 3. The summed E-state index contributed by atoms with van der Waals surface area (Å²) in [5, 5.41) is 3.37. The molecule has 1 saturated heterocycles. The van der Waals surface area contributed by atoms with Gasteiger partial charge in [-0.3, -0.25) is 14.5 Å². The lowest BCUT2D eigenvalue weighted by atomic mass is 9.82. The molecule has 2 aliphatic rings. The van der Waals surface area contributed by atoms with E-state index in [9.17, 15) is 9.59 Å². The second-order valence-corrected chi connectivity index (χ2v) is 6.88. The predicted octanol–water partition coefficient (Wildman–Crippen LogP) is 2.72. The summed E-state index contributed by atoms with van der Waals surface area (Å²) in [6.45, 7) is 7.27. The maximum atomic E-state index is 12.5. The Kier molecular flexibility index (Phi) is 5.80. The van der Waals surface area contributed by atoms with E-state index in [1.165, 1.54) is 30.6 Å². The number of carbonyl (C=O) groups excluding carboxylic acids is 2. The number of nitrogens with one attached hydrogen (secondary N) is 1. The van der Waals surface area contributed by atoms with Crippen LogP contribution in [-0.2, 0) is 9.59 Å². The molecule has 1 N–H and O–H groups in total. The second-order valence-electron chi connectivity index (χ2n) is 6.88. The highest BCUT2D eigenvalue weighted by atomic mass is 16.2. The van der Waals surface area contributed by atoms with Gasteiger partial charge in [0.2, 0.25) is 11.8 Å². The maximum Gasteiger partial charge on any atom is 0.247 e. The molecule has 2 amide bonds. The van der Waals surface area contributed by atoms with Crippen LogP contribution in [0, 0.1) is 11.8 Å². The van der Waals surface area contributed by atoms with E-state index in [4.69, 9.17) is 0 Å². The van der Waals surface area contributed by atoms with Gasteiger partial charge in [-0.05, 0) is 44.1 Å². The van der Waals surface area contributed by atoms with Crippen LogP contribution in [0.2, 0.25) is 0 Å². The quantitative estimate of drug-likeness (QED) is 0.766. The van der Waals surface area contributed by atoms with E-state index in [1.54, 1.807) is 0 Å². The van der Waals surface area contributed by atoms with E-state index >= 15 is 0 Å². The van der Waals surface area contributed by atoms with Crippen molar-refractivity contribution in [3.05, 3.63) is 0 Å². The molecule has 1 aliphatic heterocycles. The molecule has 2 rings (SSSR count). The van der Waals surface area contributed by atoms with Crippen LogP contribution in [0.4, 0.5) is 0 Å². The zero-order chi connectivity index (χ0) is 15.4. The molecule has 4 nitrogen and oxygen atoms in total. The van der Waals surface area contributed by atoms with Crippen molar-refractivity contribution in [2.24, 2.45) is 11.8 Å². The fraction of sp³-hybridized carbons (Fsp3) is 0.882. The van der Waals surface area contributed by atoms with E-state index in [0.29, 0.717) is 12.3 Å². The van der Waals surface area contributed by atoms with Gasteiger partial charge in [-0.15, -0.1) is 0 Å². The molecular formula is C17H30N2O2. The summed E-state index contributed by atoms with van der Waals surface area (Å²) in [7, 11) is 0. The predicted molar refractivity (Wildman–Crippen MR) is 83.8 cm³/mol. The van der Waals surface area contributed by atoms with Crippen LogP contribution >= 0.6 is 0 Å². The van der Waals surface area contributed by atoms with Gasteiger partial charge < -0.3 is 5.32 Å². The Morgan fingerprint density at radius 1 is 1.24 bits per heavy atom. The molecule has 1 heterocycles. The number of rotatable bonds is 6. The third-order valence-corrected chi connectivity index (χ3v) is 5.19. The number of nitrogens with zero attached hydrogens (tertiary/aromatic N) is 1. The van der Waals surface area contributed by atoms with Gasteiger partial charge in [-0.25, -0.2) is 0 Å². The molecule has 120 valence electrons. The fourth-order valence-corrected chi connectivity index (χ4v) is 3.90. The Labute approximate surface area is 128 Å². The van der Waals surface area contributed by atoms with Gasteiger partial charge >= 0.3 is 0 Å². The standard InChI is InChI=1S/C17H30N2O2/c1-4-14(5-2)19-16(20)10-15(17(19)21)18-11-13-8-6-7-12(3)9-13/h12-15,18H,4-11H2,1-3H3. The number of imide groups is 1. The van der Waals surface area contributed by atoms with Crippen molar-refractivity contribution in [1.82, 2.24) is 10.2 Å². The summed E-state index contributed by atoms with van der Waals surface area (Å²) in [5.74, 6) is 1.46. The van der Waals surface area contributed by atoms with Gasteiger partial charge in [0, 0.05) is 6.04 Å². The average molecular weight is 294 g/mol. The van der Waals surface area contributed by atoms with Gasteiger partial charge in [0.05, 0.1) is 12.5 Å². The first-order valence-electron chi connectivity index (χ1n) is 8.66. The van der Waals surface area contributed by atoms with Gasteiger partial charge in [0.25, 0.3) is 0 Å². The highest BCUT2D eigenvalue weighted by Gasteiger charge is 2.41. The van der Waals surface area contributed by atoms with Crippen LogP contribution in [0.3, 0.4) is 0 Å². The highest BCUT2D eigenvalue weighted by molar-refractivity contribution is 6.05. The molecule has 0 aromatic rings. The van der Waals surface area contributed by atoms with E-state index in [0.717, 1.165) is 25.3 Å². The first kappa shape index (κ1) is 16.5. The molecule has 0 aromatic heterocycles. The van der Waals surface area contributed by atoms with E-state index < -0.39 is 0 Å². The Balaban J connectivity index is 1.87. The Hall–Kier alpha value is -0.900. The zero-order valence-corrected chi connectivity index (χ0v) is 13.7. The zero-order valence-electron chi connectivity index (χ0n) is 13.7. The van der Waals surface area contributed by atoms with Crippen LogP contribution < -0.4 is 5.32 Å². The van der Waals surface area contributed by atoms with E-state index in [1.807, 2.05) is 13.8 Å². The number of hydrogen-bond donors (Lipinski definition) is 1. The monoisotopic (exact) mass is 294 g/mol. The Morgan fingerprint density at radius 2 is 1.95 bits per heavy atom. The van der Waals surface area contributed by atoms with Crippen molar-refractivity contribution in [3.8, 4) is 0 Å². The average Bonchev–Trinajstić information content (AvgIpc) is 2.74. The Bertz CT molecular complexity index is 379. The van der Waals surface area contributed by atoms with E-state index in [-0.39, 0.29) is 23.9 Å². The minimum atomic E-state index is -0.282. The van der Waals surface area contributed by atoms with Crippen LogP contribution in [0.15, 0.2) is 0 Å². The molecule has 3 unspecified atom stereocenters. The normalized spacial score (nSPS) is 30.5. The molecular weight excluding hydrogens is 264 g/mol. The smallest absolute Gasteiger partial charge is 0.247 e. The fourth-order valence-electron chi connectivity index (χ4n) is 3.90. The summed E-state index contributed by atoms with van der Waals surface area (Å²) in [6.07, 6.45) is 7.17. The molecule has 1 aliphatic carbocycles.